The highest BCUT2D eigenvalue weighted by molar-refractivity contribution is 4.38. The van der Waals surface area contributed by atoms with Crippen LogP contribution in [0.5, 0.6) is 0 Å². The van der Waals surface area contributed by atoms with Crippen LogP contribution in [-0.2, 0) is 0 Å². The van der Waals surface area contributed by atoms with E-state index >= 15 is 0 Å². The second-order valence-corrected chi connectivity index (χ2v) is 4.24. The van der Waals surface area contributed by atoms with E-state index in [1.807, 2.05) is 13.8 Å². The highest BCUT2D eigenvalue weighted by Gasteiger charge is 1.85. The first kappa shape index (κ1) is 20.4. The van der Waals surface area contributed by atoms with Crippen LogP contribution in [0, 0.1) is 5.92 Å². The predicted molar refractivity (Wildman–Crippen MR) is 75.5 cm³/mol. The monoisotopic (exact) mass is 216 g/mol. The fourth-order valence-corrected chi connectivity index (χ4v) is 1.25. The van der Waals surface area contributed by atoms with Crippen molar-refractivity contribution in [3.63, 3.8) is 0 Å². The third-order valence-electron chi connectivity index (χ3n) is 2.07. The van der Waals surface area contributed by atoms with Gasteiger partial charge in [0.2, 0.25) is 0 Å². The van der Waals surface area contributed by atoms with E-state index in [0.29, 0.717) is 0 Å². The van der Waals surface area contributed by atoms with Crippen molar-refractivity contribution in [1.29, 1.82) is 0 Å². The molecule has 0 rings (SSSR count). The molecule has 0 nitrogen and oxygen atoms in total. The molecule has 0 radical (unpaired) electrons. The lowest BCUT2D eigenvalue weighted by Crippen LogP contribution is -1.81. The Morgan fingerprint density at radius 2 is 1.07 bits per heavy atom. The zero-order valence-electron chi connectivity index (χ0n) is 12.5. The van der Waals surface area contributed by atoms with Crippen molar-refractivity contribution in [2.75, 3.05) is 0 Å². The fraction of sp³-hybridized carbons (Fsp3) is 1.00. The molecule has 0 heteroatoms. The minimum absolute atomic E-state index is 0.898. The lowest BCUT2D eigenvalue weighted by Gasteiger charge is -1.95. The lowest BCUT2D eigenvalue weighted by molar-refractivity contribution is 0.576. The van der Waals surface area contributed by atoms with E-state index in [1.54, 1.807) is 0 Å². The molecule has 0 unspecified atom stereocenters. The minimum Gasteiger partial charge on any atom is -0.0683 e. The quantitative estimate of drug-likeness (QED) is 0.448. The molecule has 0 aliphatic carbocycles. The molecule has 0 heterocycles. The molecule has 0 fully saturated rings. The van der Waals surface area contributed by atoms with E-state index in [0.717, 1.165) is 5.92 Å². The average Bonchev–Trinajstić information content (AvgIpc) is 2.22. The summed E-state index contributed by atoms with van der Waals surface area (Å²) in [5.74, 6) is 0.898. The molecule has 0 aromatic rings. The molecule has 96 valence electrons. The first-order valence-electron chi connectivity index (χ1n) is 7.18. The molecule has 0 aliphatic heterocycles. The van der Waals surface area contributed by atoms with Crippen LogP contribution in [0.2, 0.25) is 0 Å². The molecule has 0 atom stereocenters. The van der Waals surface area contributed by atoms with Crippen LogP contribution in [-0.4, -0.2) is 0 Å². The summed E-state index contributed by atoms with van der Waals surface area (Å²) in [6.07, 6.45) is 9.71. The van der Waals surface area contributed by atoms with E-state index in [1.165, 1.54) is 44.9 Å². The maximum Gasteiger partial charge on any atom is -0.0471 e. The van der Waals surface area contributed by atoms with Crippen molar-refractivity contribution in [3.8, 4) is 0 Å². The van der Waals surface area contributed by atoms with Gasteiger partial charge in [-0.1, -0.05) is 93.4 Å². The van der Waals surface area contributed by atoms with Crippen molar-refractivity contribution in [2.45, 2.75) is 93.4 Å². The summed E-state index contributed by atoms with van der Waals surface area (Å²) < 4.78 is 0. The van der Waals surface area contributed by atoms with E-state index in [4.69, 9.17) is 0 Å². The Hall–Kier alpha value is 0. The minimum atomic E-state index is 0.898. The van der Waals surface area contributed by atoms with Crippen molar-refractivity contribution < 1.29 is 0 Å². The van der Waals surface area contributed by atoms with Gasteiger partial charge in [-0.05, 0) is 5.92 Å². The third-order valence-corrected chi connectivity index (χ3v) is 2.07. The average molecular weight is 216 g/mol. The second kappa shape index (κ2) is 23.7. The summed E-state index contributed by atoms with van der Waals surface area (Å²) in [6, 6.07) is 0. The largest absolute Gasteiger partial charge is 0.0683 e. The Morgan fingerprint density at radius 1 is 0.667 bits per heavy atom. The highest BCUT2D eigenvalue weighted by atomic mass is 13.9. The summed E-state index contributed by atoms with van der Waals surface area (Å²) in [6.45, 7) is 15.2. The molecule has 15 heavy (non-hydrogen) atoms. The zero-order chi connectivity index (χ0) is 12.5. The van der Waals surface area contributed by atoms with Crippen molar-refractivity contribution in [3.05, 3.63) is 0 Å². The zero-order valence-corrected chi connectivity index (χ0v) is 12.5. The molecule has 0 bridgehead atoms. The standard InChI is InChI=1S/C7H16.C6H14.C2H6/c1-3-5-7-6-4-2;1-4-5-6(2)3;1-2/h3-7H2,1-2H3;6H,4-5H2,1-3H3;1-2H3. The Labute approximate surface area is 99.9 Å². The summed E-state index contributed by atoms with van der Waals surface area (Å²) in [5, 5.41) is 0. The van der Waals surface area contributed by atoms with Gasteiger partial charge >= 0.3 is 0 Å². The van der Waals surface area contributed by atoms with Gasteiger partial charge in [-0.25, -0.2) is 0 Å². The maximum absolute atomic E-state index is 2.25. The first-order valence-corrected chi connectivity index (χ1v) is 7.18. The predicted octanol–water partition coefficient (Wildman–Crippen LogP) is 6.45. The Bertz CT molecular complexity index is 60.4. The topological polar surface area (TPSA) is 0 Å². The Balaban J connectivity index is -0.000000166. The molecule has 0 aromatic heterocycles. The number of hydrogen-bond acceptors (Lipinski definition) is 0. The number of unbranched alkanes of at least 4 members (excludes halogenated alkanes) is 4. The van der Waals surface area contributed by atoms with Crippen LogP contribution >= 0.6 is 0 Å². The normalized spacial score (nSPS) is 8.80. The van der Waals surface area contributed by atoms with Gasteiger partial charge in [0.15, 0.2) is 0 Å². The fourth-order valence-electron chi connectivity index (χ4n) is 1.25. The Kier molecular flexibility index (Phi) is 32.2. The lowest BCUT2D eigenvalue weighted by atomic mass is 10.1. The molecular formula is C15H36. The first-order chi connectivity index (χ1) is 7.18. The molecule has 0 amide bonds. The summed E-state index contributed by atoms with van der Waals surface area (Å²) in [7, 11) is 0. The highest BCUT2D eigenvalue weighted by Crippen LogP contribution is 2.00. The van der Waals surface area contributed by atoms with E-state index < -0.39 is 0 Å². The van der Waals surface area contributed by atoms with Crippen LogP contribution in [0.15, 0.2) is 0 Å². The molecule has 0 aliphatic rings. The van der Waals surface area contributed by atoms with Crippen LogP contribution in [0.4, 0.5) is 0 Å². The molecule has 0 N–H and O–H groups in total. The van der Waals surface area contributed by atoms with Crippen molar-refractivity contribution >= 4 is 0 Å². The van der Waals surface area contributed by atoms with Crippen LogP contribution in [0.1, 0.15) is 93.4 Å². The van der Waals surface area contributed by atoms with Crippen molar-refractivity contribution in [2.24, 2.45) is 5.92 Å². The molecule has 0 spiro atoms. The summed E-state index contributed by atoms with van der Waals surface area (Å²) in [5.41, 5.74) is 0. The van der Waals surface area contributed by atoms with Gasteiger partial charge in [-0.2, -0.15) is 0 Å². The smallest absolute Gasteiger partial charge is 0.0471 e. The van der Waals surface area contributed by atoms with Gasteiger partial charge in [0.25, 0.3) is 0 Å². The van der Waals surface area contributed by atoms with Gasteiger partial charge < -0.3 is 0 Å². The van der Waals surface area contributed by atoms with E-state index in [-0.39, 0.29) is 0 Å². The third kappa shape index (κ3) is 41.1. The molecule has 0 saturated carbocycles. The van der Waals surface area contributed by atoms with E-state index in [9.17, 15) is 0 Å². The van der Waals surface area contributed by atoms with Crippen LogP contribution < -0.4 is 0 Å². The SMILES string of the molecule is CC.CCCC(C)C.CCCCCCC. The summed E-state index contributed by atoms with van der Waals surface area (Å²) >= 11 is 0. The van der Waals surface area contributed by atoms with Gasteiger partial charge in [-0.3, -0.25) is 0 Å². The maximum atomic E-state index is 2.25. The van der Waals surface area contributed by atoms with Gasteiger partial charge in [-0.15, -0.1) is 0 Å². The van der Waals surface area contributed by atoms with Crippen molar-refractivity contribution in [1.82, 2.24) is 0 Å². The van der Waals surface area contributed by atoms with Gasteiger partial charge in [0.05, 0.1) is 0 Å². The van der Waals surface area contributed by atoms with Crippen LogP contribution in [0.3, 0.4) is 0 Å². The molecule has 0 saturated heterocycles. The van der Waals surface area contributed by atoms with Crippen LogP contribution in [0.25, 0.3) is 0 Å². The number of hydrogen-bond donors (Lipinski definition) is 0. The van der Waals surface area contributed by atoms with Gasteiger partial charge in [0, 0.05) is 0 Å². The van der Waals surface area contributed by atoms with Gasteiger partial charge in [0.1, 0.15) is 0 Å². The molecule has 0 aromatic carbocycles. The Morgan fingerprint density at radius 3 is 1.20 bits per heavy atom. The summed E-state index contributed by atoms with van der Waals surface area (Å²) in [4.78, 5) is 0. The second-order valence-electron chi connectivity index (χ2n) is 4.24. The number of rotatable bonds is 6. The molecular weight excluding hydrogens is 180 g/mol. The van der Waals surface area contributed by atoms with E-state index in [2.05, 4.69) is 34.6 Å².